The molecule has 12 heteroatoms. The average molecular weight is 501 g/mol. The molecule has 1 unspecified atom stereocenters. The summed E-state index contributed by atoms with van der Waals surface area (Å²) in [4.78, 5) is 35.9. The number of ether oxygens (including phenoxy) is 1. The van der Waals surface area contributed by atoms with Gasteiger partial charge in [-0.2, -0.15) is 0 Å². The van der Waals surface area contributed by atoms with Gasteiger partial charge >= 0.3 is 6.03 Å². The van der Waals surface area contributed by atoms with Crippen LogP contribution in [0, 0.1) is 0 Å². The van der Waals surface area contributed by atoms with E-state index in [-0.39, 0.29) is 30.4 Å². The summed E-state index contributed by atoms with van der Waals surface area (Å²) < 4.78 is 7.04. The van der Waals surface area contributed by atoms with Gasteiger partial charge in [-0.3, -0.25) is 19.5 Å². The maximum Gasteiger partial charge on any atom is 0.321 e. The van der Waals surface area contributed by atoms with E-state index < -0.39 is 12.1 Å². The molecule has 10 nitrogen and oxygen atoms in total. The van der Waals surface area contributed by atoms with Crippen LogP contribution in [0.4, 0.5) is 10.5 Å². The second-order valence-electron chi connectivity index (χ2n) is 7.41. The normalized spacial score (nSPS) is 15.4. The van der Waals surface area contributed by atoms with Crippen molar-refractivity contribution < 1.29 is 19.1 Å². The zero-order chi connectivity index (χ0) is 24.1. The van der Waals surface area contributed by atoms with Crippen LogP contribution in [0.1, 0.15) is 12.2 Å². The molecule has 1 atom stereocenters. The predicted octanol–water partition coefficient (Wildman–Crippen LogP) is 2.80. The predicted molar refractivity (Wildman–Crippen MR) is 128 cm³/mol. The van der Waals surface area contributed by atoms with Crippen molar-refractivity contribution in [2.24, 2.45) is 0 Å². The van der Waals surface area contributed by atoms with Crippen LogP contribution in [0.3, 0.4) is 0 Å². The minimum absolute atomic E-state index is 0.0867. The number of rotatable bonds is 8. The van der Waals surface area contributed by atoms with Crippen LogP contribution in [0.2, 0.25) is 5.02 Å². The van der Waals surface area contributed by atoms with Crippen molar-refractivity contribution in [3.8, 4) is 11.4 Å². The fourth-order valence-electron chi connectivity index (χ4n) is 3.43. The average Bonchev–Trinajstić information content (AvgIpc) is 3.19. The van der Waals surface area contributed by atoms with E-state index in [1.807, 2.05) is 12.1 Å². The maximum atomic E-state index is 12.5. The highest BCUT2D eigenvalue weighted by Crippen LogP contribution is 2.25. The largest absolute Gasteiger partial charge is 0.497 e. The number of nitrogens with one attached hydrogen (secondary N) is 3. The summed E-state index contributed by atoms with van der Waals surface area (Å²) in [5.74, 6) is 0.738. The highest BCUT2D eigenvalue weighted by atomic mass is 35.5. The molecule has 1 aliphatic heterocycles. The van der Waals surface area contributed by atoms with Crippen LogP contribution in [0.5, 0.6) is 5.75 Å². The maximum absolute atomic E-state index is 12.5. The van der Waals surface area contributed by atoms with E-state index in [0.717, 1.165) is 5.69 Å². The Morgan fingerprint density at radius 3 is 2.74 bits per heavy atom. The Balaban J connectivity index is 1.54. The molecule has 34 heavy (non-hydrogen) atoms. The first-order chi connectivity index (χ1) is 16.4. The minimum Gasteiger partial charge on any atom is -0.497 e. The van der Waals surface area contributed by atoms with Crippen LogP contribution < -0.4 is 20.7 Å². The van der Waals surface area contributed by atoms with Gasteiger partial charge in [-0.25, -0.2) is 4.79 Å². The monoisotopic (exact) mass is 500 g/mol. The highest BCUT2D eigenvalue weighted by Gasteiger charge is 2.27. The number of halogens is 1. The number of carbonyl (C=O) groups excluding carboxylic acids is 3. The molecule has 4 amide bonds. The number of urea groups is 1. The molecule has 0 spiro atoms. The molecule has 1 aliphatic rings. The summed E-state index contributed by atoms with van der Waals surface area (Å²) in [5, 5.41) is 17.3. The number of methoxy groups -OCH3 is 1. The lowest BCUT2D eigenvalue weighted by molar-refractivity contribution is -0.121. The van der Waals surface area contributed by atoms with Gasteiger partial charge in [0.2, 0.25) is 11.8 Å². The van der Waals surface area contributed by atoms with Crippen molar-refractivity contribution in [1.82, 2.24) is 25.4 Å². The molecule has 0 aliphatic carbocycles. The van der Waals surface area contributed by atoms with E-state index in [2.05, 4.69) is 26.1 Å². The van der Waals surface area contributed by atoms with Crippen molar-refractivity contribution in [2.45, 2.75) is 24.0 Å². The van der Waals surface area contributed by atoms with Gasteiger partial charge in [-0.15, -0.1) is 10.2 Å². The summed E-state index contributed by atoms with van der Waals surface area (Å²) in [5.41, 5.74) is 1.35. The number of aromatic nitrogens is 3. The van der Waals surface area contributed by atoms with E-state index in [1.54, 1.807) is 48.1 Å². The number of nitrogens with zero attached hydrogens (tertiary/aromatic N) is 3. The van der Waals surface area contributed by atoms with Crippen LogP contribution >= 0.6 is 23.4 Å². The number of hydrogen-bond acceptors (Lipinski definition) is 7. The number of imide groups is 1. The first-order valence-corrected chi connectivity index (χ1v) is 11.6. The second-order valence-corrected chi connectivity index (χ2v) is 8.79. The fourth-order valence-corrected chi connectivity index (χ4v) is 4.39. The highest BCUT2D eigenvalue weighted by molar-refractivity contribution is 7.99. The fraction of sp³-hybridized carbons (Fsp3) is 0.227. The first kappa shape index (κ1) is 23.6. The standard InChI is InChI=1S/C22H21ClN6O4S/c1-33-17-7-5-16(6-8-17)29-18(10-15-11-19(30)26-21(32)25-15)27-28-22(29)34-12-20(31)24-14-4-2-3-13(23)9-14/h2-9,15H,10-12H2,1H3,(H,24,31)(H2,25,26,30,32). The van der Waals surface area contributed by atoms with E-state index in [4.69, 9.17) is 16.3 Å². The van der Waals surface area contributed by atoms with Gasteiger partial charge in [-0.1, -0.05) is 29.4 Å². The third-order valence-corrected chi connectivity index (χ3v) is 6.08. The molecule has 0 saturated carbocycles. The lowest BCUT2D eigenvalue weighted by Crippen LogP contribution is -2.53. The number of thioether (sulfide) groups is 1. The van der Waals surface area contributed by atoms with Gasteiger partial charge in [0.05, 0.1) is 12.9 Å². The van der Waals surface area contributed by atoms with Gasteiger partial charge in [-0.05, 0) is 42.5 Å². The molecule has 1 fully saturated rings. The Bertz CT molecular complexity index is 1200. The van der Waals surface area contributed by atoms with E-state index in [1.165, 1.54) is 11.8 Å². The van der Waals surface area contributed by atoms with Gasteiger partial charge in [0.1, 0.15) is 11.6 Å². The molecule has 1 saturated heterocycles. The van der Waals surface area contributed by atoms with Crippen molar-refractivity contribution in [3.05, 3.63) is 59.4 Å². The summed E-state index contributed by atoms with van der Waals surface area (Å²) in [6.07, 6.45) is 0.416. The Morgan fingerprint density at radius 2 is 2.03 bits per heavy atom. The summed E-state index contributed by atoms with van der Waals surface area (Å²) in [6, 6.07) is 13.2. The topological polar surface area (TPSA) is 127 Å². The number of hydrogen-bond donors (Lipinski definition) is 3. The molecular weight excluding hydrogens is 480 g/mol. The molecule has 3 aromatic rings. The lowest BCUT2D eigenvalue weighted by Gasteiger charge is -2.23. The van der Waals surface area contributed by atoms with Crippen molar-refractivity contribution in [3.63, 3.8) is 0 Å². The smallest absolute Gasteiger partial charge is 0.321 e. The van der Waals surface area contributed by atoms with E-state index in [9.17, 15) is 14.4 Å². The van der Waals surface area contributed by atoms with E-state index >= 15 is 0 Å². The molecule has 1 aromatic heterocycles. The molecule has 0 bridgehead atoms. The molecular formula is C22H21ClN6O4S. The minimum atomic E-state index is -0.538. The Hall–Kier alpha value is -3.57. The van der Waals surface area contributed by atoms with E-state index in [0.29, 0.717) is 27.4 Å². The zero-order valence-corrected chi connectivity index (χ0v) is 19.7. The summed E-state index contributed by atoms with van der Waals surface area (Å²) >= 11 is 7.19. The van der Waals surface area contributed by atoms with Crippen molar-refractivity contribution in [2.75, 3.05) is 18.2 Å². The van der Waals surface area contributed by atoms with Crippen LogP contribution in [0.25, 0.3) is 5.69 Å². The Morgan fingerprint density at radius 1 is 1.24 bits per heavy atom. The van der Waals surface area contributed by atoms with Crippen LogP contribution in [0.15, 0.2) is 53.7 Å². The molecule has 0 radical (unpaired) electrons. The van der Waals surface area contributed by atoms with Crippen LogP contribution in [-0.2, 0) is 16.0 Å². The summed E-state index contributed by atoms with van der Waals surface area (Å²) in [6.45, 7) is 0. The Kier molecular flexibility index (Phi) is 7.33. The molecule has 2 aromatic carbocycles. The first-order valence-electron chi connectivity index (χ1n) is 10.3. The van der Waals surface area contributed by atoms with Gasteiger partial charge < -0.3 is 15.4 Å². The molecule has 176 valence electrons. The third kappa shape index (κ3) is 5.86. The SMILES string of the molecule is COc1ccc(-n2c(CC3CC(=O)NC(=O)N3)nnc2SCC(=O)Nc2cccc(Cl)c2)cc1. The van der Waals surface area contributed by atoms with Crippen molar-refractivity contribution in [1.29, 1.82) is 0 Å². The number of anilines is 1. The van der Waals surface area contributed by atoms with Gasteiger partial charge in [0, 0.05) is 35.3 Å². The van der Waals surface area contributed by atoms with Crippen LogP contribution in [-0.4, -0.2) is 51.5 Å². The van der Waals surface area contributed by atoms with Crippen molar-refractivity contribution >= 4 is 46.9 Å². The zero-order valence-electron chi connectivity index (χ0n) is 18.1. The van der Waals surface area contributed by atoms with Gasteiger partial charge in [0.25, 0.3) is 0 Å². The molecule has 3 N–H and O–H groups in total. The quantitative estimate of drug-likeness (QED) is 0.406. The number of benzene rings is 2. The Labute approximate surface area is 204 Å². The summed E-state index contributed by atoms with van der Waals surface area (Å²) in [7, 11) is 1.58. The number of amides is 4. The molecule has 2 heterocycles. The number of carbonyl (C=O) groups is 3. The lowest BCUT2D eigenvalue weighted by atomic mass is 10.1. The third-order valence-electron chi connectivity index (χ3n) is 4.92. The van der Waals surface area contributed by atoms with Gasteiger partial charge in [0.15, 0.2) is 5.16 Å². The second kappa shape index (κ2) is 10.6. The molecule has 4 rings (SSSR count).